The molecule has 0 bridgehead atoms. The van der Waals surface area contributed by atoms with Crippen molar-refractivity contribution >= 4 is 117 Å². The number of ketones is 2. The van der Waals surface area contributed by atoms with E-state index in [1.165, 1.54) is 39.5 Å². The fourth-order valence-corrected chi connectivity index (χ4v) is 13.0. The molecule has 0 saturated heterocycles. The Morgan fingerprint density at radius 3 is 1.43 bits per heavy atom. The number of hydrogen-bond acceptors (Lipinski definition) is 31. The van der Waals surface area contributed by atoms with Crippen molar-refractivity contribution in [3.8, 4) is 0 Å². The van der Waals surface area contributed by atoms with Crippen LogP contribution in [0.15, 0.2) is 55.1 Å². The maximum Gasteiger partial charge on any atom is 0.349 e. The van der Waals surface area contributed by atoms with E-state index in [4.69, 9.17) is 73.6 Å². The fourth-order valence-electron chi connectivity index (χ4n) is 13.0. The number of amides is 8. The smallest absolute Gasteiger partial charge is 0.349 e. The van der Waals surface area contributed by atoms with Crippen LogP contribution in [0.5, 0.6) is 0 Å². The predicted octanol–water partition coefficient (Wildman–Crippen LogP) is -10.4. The number of Topliss-reactive ketones (excluding diaryl/α,β-unsaturated/α-hetero) is 2. The van der Waals surface area contributed by atoms with Crippen molar-refractivity contribution in [1.82, 2.24) is 120 Å². The zero-order valence-corrected chi connectivity index (χ0v) is 69.2. The first kappa shape index (κ1) is 99.2. The lowest BCUT2D eigenvalue weighted by Crippen LogP contribution is -2.53. The predicted molar refractivity (Wildman–Crippen MR) is 455 cm³/mol. The van der Waals surface area contributed by atoms with Crippen LogP contribution in [0.3, 0.4) is 0 Å². The number of aromatic amines is 3. The minimum atomic E-state index is -1.07. The van der Waals surface area contributed by atoms with Gasteiger partial charge in [0.1, 0.15) is 32.0 Å². The van der Waals surface area contributed by atoms with Gasteiger partial charge in [0, 0.05) is 88.4 Å². The number of nitrogens with one attached hydrogen (secondary N) is 14. The molecule has 6 rings (SSSR count). The average molecular weight is 1740 g/mol. The monoisotopic (exact) mass is 1740 g/mol. The van der Waals surface area contributed by atoms with E-state index >= 15 is 0 Å². The first-order valence-electron chi connectivity index (χ1n) is 40.2. The van der Waals surface area contributed by atoms with Crippen molar-refractivity contribution < 1.29 is 47.9 Å². The van der Waals surface area contributed by atoms with Gasteiger partial charge in [-0.25, -0.2) is 19.6 Å². The lowest BCUT2D eigenvalue weighted by Gasteiger charge is -2.30. The zero-order chi connectivity index (χ0) is 91.1. The summed E-state index contributed by atoms with van der Waals surface area (Å²) < 4.78 is 4.26. The third kappa shape index (κ3) is 34.1. The summed E-state index contributed by atoms with van der Waals surface area (Å²) in [6, 6.07) is -3.52. The molecule has 8 amide bonds. The number of guanidine groups is 3. The Kier molecular flexibility index (Phi) is 40.5. The molecule has 124 heavy (non-hydrogen) atoms. The molecule has 0 aliphatic rings. The van der Waals surface area contributed by atoms with Crippen LogP contribution in [0, 0.1) is 23.2 Å². The Morgan fingerprint density at radius 2 is 0.927 bits per heavy atom. The molecular formula is C72H117N37O15. The molecule has 6 heterocycles. The van der Waals surface area contributed by atoms with Crippen molar-refractivity contribution in [3.05, 3.63) is 88.7 Å². The van der Waals surface area contributed by atoms with Crippen LogP contribution in [-0.4, -0.2) is 289 Å². The number of primary amides is 1. The molecule has 52 heteroatoms. The van der Waals surface area contributed by atoms with Crippen molar-refractivity contribution in [1.29, 1.82) is 16.2 Å². The van der Waals surface area contributed by atoms with E-state index in [9.17, 15) is 71.9 Å². The SMILES string of the molecule is Cc1cn(CC(=O)N(CCNC(=O)CN(C[C@H](CCCCNC(=N)N)NCC(=O)CN(C[C@H](CCCCNC(=N)N)NC(=O)[C@@H](N)CCCCN)C(=O)Cn2cnc3c(=O)[nH]c(N)nc32)C(=O)Cn2ccc(N)nc2=O)CC(=O)N[C@@H](CCCCNC(=N)N)CN(CC(=O)CN[C@@H](CCCCN)C(N)=O)C(=O)Cn2cnc3c(=O)[nH]c(N)nc32)c(=O)[nH]c1=O. The minimum absolute atomic E-state index is 0.0266. The van der Waals surface area contributed by atoms with Crippen LogP contribution in [0.2, 0.25) is 0 Å². The first-order chi connectivity index (χ1) is 59.0. The number of H-pyrrole nitrogens is 3. The highest BCUT2D eigenvalue weighted by Gasteiger charge is 2.31. The summed E-state index contributed by atoms with van der Waals surface area (Å²) in [7, 11) is 0. The van der Waals surface area contributed by atoms with Gasteiger partial charge in [0.15, 0.2) is 51.8 Å². The number of aryl methyl sites for hydroxylation is 1. The van der Waals surface area contributed by atoms with Crippen LogP contribution in [0.4, 0.5) is 17.7 Å². The van der Waals surface area contributed by atoms with E-state index in [1.807, 2.05) is 0 Å². The molecule has 6 aromatic rings. The second-order valence-electron chi connectivity index (χ2n) is 29.6. The standard InChI is InChI=1S/C72H117N37O15/c1-42-28-107(72(124)101-62(42)119)37-53(114)102(35-52(113)94-44(13-5-10-21-88-67(80)81)30-104(33-47(111)27-91-49(59(77)118)16-3-8-19-74)55(116)38-108-40-92-57-60(108)97-69(84)99-64(57)121)25-23-86-51(112)34-106(54(115)36-103-24-17-50(76)96-71(103)123)29-43(12-4-9-20-87-66(78)79)90-26-46(110)32-105(56(117)39-109-41-93-58-61(109)98-70(85)100-65(58)122)31-45(14-6-11-22-89-68(82)83)95-63(120)48(75)15-2-7-18-73/h17,24,28,40-41,43-45,48-49,90-91H,2-16,18-23,25-27,29-39,73-75H2,1H3,(H2,77,118)(H,86,112)(H,94,113)(H,95,120)(H2,76,96,123)(H4,78,79,87)(H4,80,81,88)(H4,82,83,89)(H,101,119,124)(H3,84,97,99,121)(H3,85,98,100,122)/t43-,44-,45-,48-,49-/m0/s1. The Labute approximate surface area is 708 Å². The molecular weight excluding hydrogens is 1620 g/mol. The van der Waals surface area contributed by atoms with Gasteiger partial charge in [-0.05, 0) is 103 Å². The molecule has 0 spiro atoms. The van der Waals surface area contributed by atoms with E-state index in [0.717, 1.165) is 36.4 Å². The van der Waals surface area contributed by atoms with E-state index in [0.29, 0.717) is 70.9 Å². The lowest BCUT2D eigenvalue weighted by molar-refractivity contribution is -0.138. The van der Waals surface area contributed by atoms with Crippen LogP contribution < -0.4 is 128 Å². The highest BCUT2D eigenvalue weighted by atomic mass is 16.2. The zero-order valence-electron chi connectivity index (χ0n) is 69.2. The molecule has 52 nitrogen and oxygen atoms in total. The van der Waals surface area contributed by atoms with E-state index in [-0.39, 0.29) is 135 Å². The number of anilines is 3. The van der Waals surface area contributed by atoms with Crippen LogP contribution in [-0.2, 0) is 74.1 Å². The number of nitrogens with two attached hydrogens (primary N) is 10. The molecule has 680 valence electrons. The topological polar surface area (TPSA) is 829 Å². The third-order valence-corrected chi connectivity index (χ3v) is 19.5. The highest BCUT2D eigenvalue weighted by molar-refractivity contribution is 5.91. The molecule has 0 fully saturated rings. The van der Waals surface area contributed by atoms with Gasteiger partial charge >= 0.3 is 11.4 Å². The van der Waals surface area contributed by atoms with Gasteiger partial charge in [-0.2, -0.15) is 15.0 Å². The third-order valence-electron chi connectivity index (χ3n) is 19.5. The largest absolute Gasteiger partial charge is 0.383 e. The highest BCUT2D eigenvalue weighted by Crippen LogP contribution is 2.15. The fraction of sp³-hybridized carbons (Fsp3) is 0.569. The van der Waals surface area contributed by atoms with E-state index in [2.05, 4.69) is 82.4 Å². The molecule has 0 radical (unpaired) electrons. The van der Waals surface area contributed by atoms with Gasteiger partial charge in [0.05, 0.1) is 64.0 Å². The maximum absolute atomic E-state index is 14.8. The number of fused-ring (bicyclic) bond motifs is 2. The van der Waals surface area contributed by atoms with Gasteiger partial charge in [0.2, 0.25) is 59.2 Å². The van der Waals surface area contributed by atoms with E-state index < -0.39 is 202 Å². The van der Waals surface area contributed by atoms with Gasteiger partial charge in [-0.3, -0.25) is 108 Å². The average Bonchev–Trinajstić information content (AvgIpc) is 1.65. The summed E-state index contributed by atoms with van der Waals surface area (Å²) in [5, 5.41) is 45.5. The minimum Gasteiger partial charge on any atom is -0.383 e. The quantitative estimate of drug-likeness (QED) is 0.00958. The summed E-state index contributed by atoms with van der Waals surface area (Å²) in [5.41, 5.74) is 53.0. The molecule has 0 saturated carbocycles. The number of carbonyl (C=O) groups excluding carboxylic acids is 10. The second-order valence-corrected chi connectivity index (χ2v) is 29.6. The molecule has 0 unspecified atom stereocenters. The number of nitrogen functional groups attached to an aromatic ring is 3. The number of unbranched alkanes of at least 4 members (excludes halogenated alkanes) is 5. The molecule has 5 atom stereocenters. The number of rotatable bonds is 58. The number of carbonyl (C=O) groups is 10. The van der Waals surface area contributed by atoms with E-state index in [1.54, 1.807) is 0 Å². The van der Waals surface area contributed by atoms with Crippen molar-refractivity contribution in [2.45, 2.75) is 160 Å². The molecule has 0 aromatic carbocycles. The molecule has 0 aliphatic carbocycles. The lowest BCUT2D eigenvalue weighted by atomic mass is 10.1. The van der Waals surface area contributed by atoms with Crippen LogP contribution in [0.25, 0.3) is 22.3 Å². The van der Waals surface area contributed by atoms with Crippen LogP contribution in [0.1, 0.15) is 102 Å². The molecule has 34 N–H and O–H groups in total. The van der Waals surface area contributed by atoms with Gasteiger partial charge in [-0.1, -0.05) is 19.3 Å². The van der Waals surface area contributed by atoms with Gasteiger partial charge in [0.25, 0.3) is 16.7 Å². The number of aromatic nitrogens is 12. The summed E-state index contributed by atoms with van der Waals surface area (Å²) in [6.45, 7) is -5.87. The van der Waals surface area contributed by atoms with Crippen molar-refractivity contribution in [2.75, 3.05) is 122 Å². The number of nitrogens with zero attached hydrogens (tertiary/aromatic N) is 13. The summed E-state index contributed by atoms with van der Waals surface area (Å²) in [5.74, 6) is -9.28. The molecule has 0 aliphatic heterocycles. The molecule has 6 aromatic heterocycles. The maximum atomic E-state index is 14.8. The number of imidazole rings is 2. The van der Waals surface area contributed by atoms with Crippen molar-refractivity contribution in [2.24, 2.45) is 40.1 Å². The van der Waals surface area contributed by atoms with Crippen molar-refractivity contribution in [3.63, 3.8) is 0 Å². The normalized spacial score (nSPS) is 12.4. The van der Waals surface area contributed by atoms with Gasteiger partial charge in [-0.15, -0.1) is 0 Å². The Balaban J connectivity index is 1.31. The summed E-state index contributed by atoms with van der Waals surface area (Å²) in [6.07, 6.45) is 9.88. The Hall–Kier alpha value is -13.6. The summed E-state index contributed by atoms with van der Waals surface area (Å²) in [4.78, 5) is 239. The van der Waals surface area contributed by atoms with Gasteiger partial charge < -0.3 is 123 Å². The second kappa shape index (κ2) is 50.6. The van der Waals surface area contributed by atoms with Crippen LogP contribution >= 0.6 is 0 Å². The summed E-state index contributed by atoms with van der Waals surface area (Å²) >= 11 is 0. The first-order valence-corrected chi connectivity index (χ1v) is 40.2. The number of hydrogen-bond donors (Lipinski definition) is 24. The Morgan fingerprint density at radius 1 is 0.484 bits per heavy atom. The Bertz CT molecular complexity index is 4990.